The molecule has 136 valence electrons. The SMILES string of the molecule is Cc1ccc(S(=O)(=O)OC2CCNCC2)cc1.O=C(O)C(F)(F)F. The van der Waals surface area contributed by atoms with Crippen molar-refractivity contribution in [2.24, 2.45) is 0 Å². The first-order valence-corrected chi connectivity index (χ1v) is 8.44. The summed E-state index contributed by atoms with van der Waals surface area (Å²) in [7, 11) is -3.60. The van der Waals surface area contributed by atoms with Gasteiger partial charge in [0.25, 0.3) is 10.1 Å². The van der Waals surface area contributed by atoms with Crippen LogP contribution in [0.1, 0.15) is 18.4 Å². The third-order valence-corrected chi connectivity index (χ3v) is 4.48. The second-order valence-electron chi connectivity index (χ2n) is 5.12. The van der Waals surface area contributed by atoms with Crippen LogP contribution < -0.4 is 5.32 Å². The molecular weight excluding hydrogens is 351 g/mol. The monoisotopic (exact) mass is 369 g/mol. The van der Waals surface area contributed by atoms with E-state index in [4.69, 9.17) is 14.1 Å². The number of benzene rings is 1. The first kappa shape index (κ1) is 20.4. The van der Waals surface area contributed by atoms with Gasteiger partial charge < -0.3 is 10.4 Å². The maximum atomic E-state index is 12.0. The van der Waals surface area contributed by atoms with Gasteiger partial charge in [-0.05, 0) is 45.0 Å². The van der Waals surface area contributed by atoms with Crippen LogP contribution in [0.25, 0.3) is 0 Å². The molecular formula is C14H18F3NO5S. The van der Waals surface area contributed by atoms with Crippen LogP contribution in [0.15, 0.2) is 29.2 Å². The Morgan fingerprint density at radius 3 is 2.08 bits per heavy atom. The van der Waals surface area contributed by atoms with Crippen molar-refractivity contribution >= 4 is 16.1 Å². The second-order valence-corrected chi connectivity index (χ2v) is 6.69. The quantitative estimate of drug-likeness (QED) is 0.793. The zero-order valence-corrected chi connectivity index (χ0v) is 13.7. The molecule has 2 rings (SSSR count). The van der Waals surface area contributed by atoms with E-state index in [2.05, 4.69) is 5.32 Å². The molecule has 6 nitrogen and oxygen atoms in total. The Morgan fingerprint density at radius 1 is 1.21 bits per heavy atom. The first-order valence-electron chi connectivity index (χ1n) is 7.03. The van der Waals surface area contributed by atoms with E-state index in [0.717, 1.165) is 31.5 Å². The third kappa shape index (κ3) is 6.85. The van der Waals surface area contributed by atoms with Crippen LogP contribution in [-0.4, -0.2) is 44.9 Å². The summed E-state index contributed by atoms with van der Waals surface area (Å²) in [5.74, 6) is -2.76. The molecule has 10 heteroatoms. The van der Waals surface area contributed by atoms with E-state index in [1.807, 2.05) is 6.92 Å². The van der Waals surface area contributed by atoms with E-state index in [9.17, 15) is 21.6 Å². The minimum Gasteiger partial charge on any atom is -0.475 e. The van der Waals surface area contributed by atoms with E-state index in [0.29, 0.717) is 0 Å². The Bertz CT molecular complexity index is 637. The van der Waals surface area contributed by atoms with Gasteiger partial charge in [-0.25, -0.2) is 4.79 Å². The number of carboxylic acids is 1. The lowest BCUT2D eigenvalue weighted by Crippen LogP contribution is -2.33. The highest BCUT2D eigenvalue weighted by atomic mass is 32.2. The first-order chi connectivity index (χ1) is 11.0. The number of aryl methyl sites for hydroxylation is 1. The fraction of sp³-hybridized carbons (Fsp3) is 0.500. The number of aliphatic carboxylic acids is 1. The van der Waals surface area contributed by atoms with Crippen LogP contribution in [-0.2, 0) is 19.1 Å². The van der Waals surface area contributed by atoms with E-state index in [1.165, 1.54) is 0 Å². The molecule has 1 heterocycles. The minimum atomic E-state index is -5.08. The molecule has 2 N–H and O–H groups in total. The fourth-order valence-corrected chi connectivity index (χ4v) is 2.96. The Morgan fingerprint density at radius 2 is 1.67 bits per heavy atom. The fourth-order valence-electron chi connectivity index (χ4n) is 1.83. The molecule has 24 heavy (non-hydrogen) atoms. The lowest BCUT2D eigenvalue weighted by Gasteiger charge is -2.22. The molecule has 0 radical (unpaired) electrons. The smallest absolute Gasteiger partial charge is 0.475 e. The van der Waals surface area contributed by atoms with Gasteiger partial charge in [0.2, 0.25) is 0 Å². The van der Waals surface area contributed by atoms with Gasteiger partial charge in [-0.3, -0.25) is 4.18 Å². The molecule has 0 unspecified atom stereocenters. The van der Waals surface area contributed by atoms with E-state index < -0.39 is 22.3 Å². The highest BCUT2D eigenvalue weighted by Crippen LogP contribution is 2.18. The molecule has 1 aliphatic heterocycles. The lowest BCUT2D eigenvalue weighted by atomic mass is 10.1. The zero-order chi connectivity index (χ0) is 18.4. The van der Waals surface area contributed by atoms with Gasteiger partial charge in [0, 0.05) is 0 Å². The number of piperidine rings is 1. The van der Waals surface area contributed by atoms with Crippen molar-refractivity contribution in [3.63, 3.8) is 0 Å². The number of hydrogen-bond acceptors (Lipinski definition) is 5. The molecule has 1 saturated heterocycles. The van der Waals surface area contributed by atoms with Crippen molar-refractivity contribution in [1.82, 2.24) is 5.32 Å². The molecule has 0 bridgehead atoms. The summed E-state index contributed by atoms with van der Waals surface area (Å²) in [6.45, 7) is 3.55. The zero-order valence-electron chi connectivity index (χ0n) is 12.8. The maximum absolute atomic E-state index is 12.0. The number of hydrogen-bond donors (Lipinski definition) is 2. The summed E-state index contributed by atoms with van der Waals surface area (Å²) in [5.41, 5.74) is 1.03. The van der Waals surface area contributed by atoms with Crippen molar-refractivity contribution in [2.75, 3.05) is 13.1 Å². The van der Waals surface area contributed by atoms with E-state index in [-0.39, 0.29) is 11.0 Å². The van der Waals surface area contributed by atoms with Gasteiger partial charge in [-0.1, -0.05) is 17.7 Å². The van der Waals surface area contributed by atoms with Gasteiger partial charge in [0.1, 0.15) is 0 Å². The molecule has 1 aromatic carbocycles. The standard InChI is InChI=1S/C12H17NO3S.C2HF3O2/c1-10-2-4-12(5-3-10)17(14,15)16-11-6-8-13-9-7-11;3-2(4,5)1(6)7/h2-5,11,13H,6-9H2,1H3;(H,6,7). The number of halogens is 3. The van der Waals surface area contributed by atoms with Crippen LogP contribution in [0.5, 0.6) is 0 Å². The molecule has 1 fully saturated rings. The summed E-state index contributed by atoms with van der Waals surface area (Å²) < 4.78 is 60.9. The number of nitrogens with one attached hydrogen (secondary N) is 1. The highest BCUT2D eigenvalue weighted by molar-refractivity contribution is 7.86. The van der Waals surface area contributed by atoms with Gasteiger partial charge in [0.05, 0.1) is 11.0 Å². The van der Waals surface area contributed by atoms with Crippen LogP contribution in [0.3, 0.4) is 0 Å². The van der Waals surface area contributed by atoms with Crippen LogP contribution in [0.2, 0.25) is 0 Å². The normalized spacial score (nSPS) is 16.2. The van der Waals surface area contributed by atoms with Crippen molar-refractivity contribution < 1.29 is 35.7 Å². The van der Waals surface area contributed by atoms with Crippen LogP contribution in [0.4, 0.5) is 13.2 Å². The number of carboxylic acid groups (broad SMARTS) is 1. The summed E-state index contributed by atoms with van der Waals surface area (Å²) in [4.78, 5) is 9.13. The third-order valence-electron chi connectivity index (χ3n) is 3.10. The summed E-state index contributed by atoms with van der Waals surface area (Å²) in [5, 5.41) is 10.3. The molecule has 0 spiro atoms. The molecule has 1 aliphatic rings. The maximum Gasteiger partial charge on any atom is 0.490 e. The molecule has 0 amide bonds. The molecule has 0 atom stereocenters. The van der Waals surface area contributed by atoms with Gasteiger partial charge >= 0.3 is 12.1 Å². The Balaban J connectivity index is 0.000000351. The summed E-state index contributed by atoms with van der Waals surface area (Å²) in [6.07, 6.45) is -3.79. The average molecular weight is 369 g/mol. The van der Waals surface area contributed by atoms with Crippen molar-refractivity contribution in [3.8, 4) is 0 Å². The van der Waals surface area contributed by atoms with Crippen LogP contribution in [0, 0.1) is 6.92 Å². The predicted molar refractivity (Wildman–Crippen MR) is 79.0 cm³/mol. The Labute approximate surface area is 137 Å². The van der Waals surface area contributed by atoms with Crippen molar-refractivity contribution in [2.45, 2.75) is 36.9 Å². The van der Waals surface area contributed by atoms with Gasteiger partial charge in [-0.15, -0.1) is 0 Å². The summed E-state index contributed by atoms with van der Waals surface area (Å²) >= 11 is 0. The van der Waals surface area contributed by atoms with Crippen molar-refractivity contribution in [3.05, 3.63) is 29.8 Å². The van der Waals surface area contributed by atoms with Crippen molar-refractivity contribution in [1.29, 1.82) is 0 Å². The summed E-state index contributed by atoms with van der Waals surface area (Å²) in [6, 6.07) is 6.73. The largest absolute Gasteiger partial charge is 0.490 e. The molecule has 1 aromatic rings. The molecule has 0 aromatic heterocycles. The minimum absolute atomic E-state index is 0.192. The molecule has 0 saturated carbocycles. The average Bonchev–Trinajstić information content (AvgIpc) is 2.48. The lowest BCUT2D eigenvalue weighted by molar-refractivity contribution is -0.192. The topological polar surface area (TPSA) is 92.7 Å². The van der Waals surface area contributed by atoms with E-state index in [1.54, 1.807) is 24.3 Å². The van der Waals surface area contributed by atoms with Crippen LogP contribution >= 0.6 is 0 Å². The second kappa shape index (κ2) is 8.45. The Kier molecular flexibility index (Phi) is 7.18. The predicted octanol–water partition coefficient (Wildman–Crippen LogP) is 2.09. The number of rotatable bonds is 3. The number of alkyl halides is 3. The van der Waals surface area contributed by atoms with Gasteiger partial charge in [-0.2, -0.15) is 21.6 Å². The highest BCUT2D eigenvalue weighted by Gasteiger charge is 2.38. The molecule has 0 aliphatic carbocycles. The van der Waals surface area contributed by atoms with Gasteiger partial charge in [0.15, 0.2) is 0 Å². The van der Waals surface area contributed by atoms with E-state index >= 15 is 0 Å². The number of carbonyl (C=O) groups is 1. The Hall–Kier alpha value is -1.65.